The highest BCUT2D eigenvalue weighted by atomic mass is 35.5. The molecule has 0 aliphatic carbocycles. The predicted octanol–water partition coefficient (Wildman–Crippen LogP) is 2.46. The molecule has 3 N–H and O–H groups in total. The first-order valence-corrected chi connectivity index (χ1v) is 10.1. The molecule has 152 valence electrons. The summed E-state index contributed by atoms with van der Waals surface area (Å²) < 4.78 is 5.60. The molecule has 0 bridgehead atoms. The van der Waals surface area contributed by atoms with Crippen LogP contribution in [0, 0.1) is 0 Å². The first kappa shape index (κ1) is 21.2. The molecule has 7 heteroatoms. The van der Waals surface area contributed by atoms with Crippen LogP contribution in [0.15, 0.2) is 54.6 Å². The molecule has 0 radical (unpaired) electrons. The van der Waals surface area contributed by atoms with Gasteiger partial charge in [-0.05, 0) is 23.3 Å². The second kappa shape index (κ2) is 11.5. The van der Waals surface area contributed by atoms with Gasteiger partial charge in [0.05, 0.1) is 19.3 Å². The summed E-state index contributed by atoms with van der Waals surface area (Å²) in [6, 6.07) is 19.2. The lowest BCUT2D eigenvalue weighted by Gasteiger charge is -2.39. The van der Waals surface area contributed by atoms with Gasteiger partial charge in [-0.15, -0.1) is 0 Å². The number of hydrogen-bond donors (Lipinski definition) is 2. The van der Waals surface area contributed by atoms with Crippen LogP contribution in [0.5, 0.6) is 0 Å². The lowest BCUT2D eigenvalue weighted by molar-refractivity contribution is 0.0139. The maximum Gasteiger partial charge on any atom is 0.0615 e. The fourth-order valence-electron chi connectivity index (χ4n) is 3.61. The number of ether oxygens (including phenoxy) is 1. The zero-order valence-corrected chi connectivity index (χ0v) is 16.9. The summed E-state index contributed by atoms with van der Waals surface area (Å²) >= 11 is 6.11. The zero-order valence-electron chi connectivity index (χ0n) is 16.1. The molecule has 0 saturated carbocycles. The Morgan fingerprint density at radius 1 is 0.929 bits per heavy atom. The van der Waals surface area contributed by atoms with Gasteiger partial charge in [-0.1, -0.05) is 54.1 Å². The highest BCUT2D eigenvalue weighted by molar-refractivity contribution is 6.30. The predicted molar refractivity (Wildman–Crippen MR) is 112 cm³/mol. The number of nitrogens with two attached hydrogens (primary N) is 1. The van der Waals surface area contributed by atoms with Crippen LogP contribution >= 0.6 is 11.6 Å². The Morgan fingerprint density at radius 2 is 1.61 bits per heavy atom. The fraction of sp³-hybridized carbons (Fsp3) is 0.429. The van der Waals surface area contributed by atoms with Crippen LogP contribution in [0.3, 0.4) is 0 Å². The molecular weight excluding hydrogens is 376 g/mol. The molecule has 6 nitrogen and oxygen atoms in total. The van der Waals surface area contributed by atoms with Crippen LogP contribution in [0.4, 0.5) is 0 Å². The van der Waals surface area contributed by atoms with Crippen molar-refractivity contribution in [1.29, 1.82) is 0 Å². The maximum atomic E-state index is 6.11. The molecule has 3 rings (SSSR count). The molecule has 1 aliphatic rings. The molecule has 0 spiro atoms. The molecule has 2 aromatic rings. The smallest absolute Gasteiger partial charge is 0.0615 e. The van der Waals surface area contributed by atoms with E-state index < -0.39 is 0 Å². The van der Waals surface area contributed by atoms with Gasteiger partial charge in [-0.25, -0.2) is 4.94 Å². The topological polar surface area (TPSA) is 63.0 Å². The van der Waals surface area contributed by atoms with Crippen molar-refractivity contribution in [2.24, 2.45) is 5.90 Å². The third-order valence-corrected chi connectivity index (χ3v) is 5.31. The van der Waals surface area contributed by atoms with Crippen LogP contribution in [0.25, 0.3) is 0 Å². The van der Waals surface area contributed by atoms with Gasteiger partial charge in [0.15, 0.2) is 0 Å². The lowest BCUT2D eigenvalue weighted by Crippen LogP contribution is -2.48. The number of nitrogens with one attached hydrogen (secondary N) is 1. The number of nitrogens with zero attached hydrogens (tertiary/aromatic N) is 2. The molecular formula is C21H29ClN4O2. The second-order valence-corrected chi connectivity index (χ2v) is 7.30. The summed E-state index contributed by atoms with van der Waals surface area (Å²) in [6.07, 6.45) is 0. The normalized spacial score (nSPS) is 16.9. The second-order valence-electron chi connectivity index (χ2n) is 6.87. The van der Waals surface area contributed by atoms with Crippen molar-refractivity contribution >= 4 is 11.6 Å². The van der Waals surface area contributed by atoms with Crippen molar-refractivity contribution in [3.05, 3.63) is 70.7 Å². The lowest BCUT2D eigenvalue weighted by atomic mass is 9.96. The number of hydrogen-bond acceptors (Lipinski definition) is 6. The van der Waals surface area contributed by atoms with E-state index in [0.29, 0.717) is 19.8 Å². The average Bonchev–Trinajstić information content (AvgIpc) is 2.74. The molecule has 0 amide bonds. The minimum atomic E-state index is 0.249. The van der Waals surface area contributed by atoms with E-state index in [2.05, 4.69) is 62.7 Å². The monoisotopic (exact) mass is 404 g/mol. The van der Waals surface area contributed by atoms with Gasteiger partial charge in [0, 0.05) is 44.3 Å². The quantitative estimate of drug-likeness (QED) is 0.468. The summed E-state index contributed by atoms with van der Waals surface area (Å²) in [4.78, 5) is 9.30. The summed E-state index contributed by atoms with van der Waals surface area (Å²) in [6.45, 7) is 6.93. The van der Waals surface area contributed by atoms with E-state index in [4.69, 9.17) is 22.2 Å². The van der Waals surface area contributed by atoms with Gasteiger partial charge in [0.1, 0.15) is 0 Å². The van der Waals surface area contributed by atoms with E-state index in [0.717, 1.165) is 37.7 Å². The maximum absolute atomic E-state index is 6.11. The van der Waals surface area contributed by atoms with E-state index >= 15 is 0 Å². The van der Waals surface area contributed by atoms with Gasteiger partial charge in [0.25, 0.3) is 0 Å². The van der Waals surface area contributed by atoms with Crippen LogP contribution in [-0.2, 0) is 9.68 Å². The highest BCUT2D eigenvalue weighted by Crippen LogP contribution is 2.30. The van der Waals surface area contributed by atoms with Gasteiger partial charge in [0.2, 0.25) is 0 Å². The number of rotatable bonds is 10. The van der Waals surface area contributed by atoms with E-state index in [1.807, 2.05) is 12.1 Å². The minimum absolute atomic E-state index is 0.249. The third-order valence-electron chi connectivity index (χ3n) is 5.06. The van der Waals surface area contributed by atoms with Gasteiger partial charge in [-0.3, -0.25) is 9.80 Å². The number of benzene rings is 2. The standard InChI is InChI=1S/C21H29ClN4O2/c22-20-8-6-19(7-9-20)21(18-4-2-1-3-5-18)26-13-11-25(12-14-26)15-17-27-16-10-24-28-23/h1-9,21,24H,10-17,23H2/t21-/m0/s1. The summed E-state index contributed by atoms with van der Waals surface area (Å²) in [5.74, 6) is 4.90. The molecule has 1 aliphatic heterocycles. The van der Waals surface area contributed by atoms with Crippen LogP contribution < -0.4 is 11.4 Å². The van der Waals surface area contributed by atoms with Crippen molar-refractivity contribution in [2.45, 2.75) is 6.04 Å². The first-order chi connectivity index (χ1) is 13.8. The Morgan fingerprint density at radius 3 is 2.29 bits per heavy atom. The molecule has 0 aromatic heterocycles. The van der Waals surface area contributed by atoms with Crippen molar-refractivity contribution in [1.82, 2.24) is 15.3 Å². The molecule has 28 heavy (non-hydrogen) atoms. The van der Waals surface area contributed by atoms with Gasteiger partial charge >= 0.3 is 0 Å². The largest absolute Gasteiger partial charge is 0.379 e. The summed E-state index contributed by atoms with van der Waals surface area (Å²) in [5, 5.41) is 0.772. The Kier molecular flexibility index (Phi) is 8.70. The number of halogens is 1. The van der Waals surface area contributed by atoms with Crippen molar-refractivity contribution in [3.8, 4) is 0 Å². The van der Waals surface area contributed by atoms with Crippen molar-refractivity contribution < 1.29 is 9.68 Å². The number of piperazine rings is 1. The molecule has 1 fully saturated rings. The highest BCUT2D eigenvalue weighted by Gasteiger charge is 2.26. The Hall–Kier alpha value is -1.51. The van der Waals surface area contributed by atoms with Crippen LogP contribution in [0.2, 0.25) is 5.02 Å². The summed E-state index contributed by atoms with van der Waals surface area (Å²) in [7, 11) is 0. The Bertz CT molecular complexity index is 679. The first-order valence-electron chi connectivity index (χ1n) is 9.71. The third kappa shape index (κ3) is 6.25. The van der Waals surface area contributed by atoms with E-state index in [9.17, 15) is 0 Å². The fourth-order valence-corrected chi connectivity index (χ4v) is 3.73. The van der Waals surface area contributed by atoms with E-state index in [-0.39, 0.29) is 6.04 Å². The van der Waals surface area contributed by atoms with Crippen LogP contribution in [0.1, 0.15) is 17.2 Å². The molecule has 1 saturated heterocycles. The zero-order chi connectivity index (χ0) is 19.6. The molecule has 1 atom stereocenters. The Balaban J connectivity index is 1.55. The van der Waals surface area contributed by atoms with Gasteiger partial charge < -0.3 is 4.74 Å². The van der Waals surface area contributed by atoms with Crippen molar-refractivity contribution in [3.63, 3.8) is 0 Å². The van der Waals surface area contributed by atoms with Gasteiger partial charge in [-0.2, -0.15) is 11.4 Å². The van der Waals surface area contributed by atoms with E-state index in [1.54, 1.807) is 0 Å². The van der Waals surface area contributed by atoms with Crippen molar-refractivity contribution in [2.75, 3.05) is 52.5 Å². The SMILES string of the molecule is NONCCOCCN1CCN([C@@H](c2ccccc2)c2ccc(Cl)cc2)CC1. The molecule has 1 heterocycles. The average molecular weight is 405 g/mol. The molecule has 2 aromatic carbocycles. The Labute approximate surface area is 172 Å². The number of hydroxylamine groups is 1. The minimum Gasteiger partial charge on any atom is -0.379 e. The van der Waals surface area contributed by atoms with E-state index in [1.165, 1.54) is 11.1 Å². The molecule has 0 unspecified atom stereocenters. The summed E-state index contributed by atoms with van der Waals surface area (Å²) in [5.41, 5.74) is 5.16. The van der Waals surface area contributed by atoms with Crippen LogP contribution in [-0.4, -0.2) is 62.3 Å².